The van der Waals surface area contributed by atoms with Gasteiger partial charge in [0.1, 0.15) is 6.61 Å². The van der Waals surface area contributed by atoms with Gasteiger partial charge in [-0.2, -0.15) is 0 Å². The van der Waals surface area contributed by atoms with Crippen molar-refractivity contribution in [3.05, 3.63) is 89.0 Å². The van der Waals surface area contributed by atoms with Crippen molar-refractivity contribution in [2.24, 2.45) is 0 Å². The molecule has 1 fully saturated rings. The second kappa shape index (κ2) is 10.1. The van der Waals surface area contributed by atoms with E-state index in [1.807, 2.05) is 43.5 Å². The van der Waals surface area contributed by atoms with Crippen LogP contribution in [0.2, 0.25) is 5.02 Å². The number of ether oxygens (including phenoxy) is 2. The lowest BCUT2D eigenvalue weighted by Gasteiger charge is -2.29. The lowest BCUT2D eigenvalue weighted by atomic mass is 9.95. The number of benzene rings is 2. The zero-order valence-electron chi connectivity index (χ0n) is 15.8. The van der Waals surface area contributed by atoms with Crippen LogP contribution in [0.25, 0.3) is 0 Å². The molecule has 5 heteroatoms. The van der Waals surface area contributed by atoms with Crippen molar-refractivity contribution in [3.8, 4) is 0 Å². The van der Waals surface area contributed by atoms with Crippen LogP contribution in [0, 0.1) is 19.3 Å². The molecule has 1 N–H and O–H groups in total. The number of hydrogen-bond acceptors (Lipinski definition) is 4. The monoisotopic (exact) mass is 399 g/mol. The maximum Gasteiger partial charge on any atom is 0.302 e. The van der Waals surface area contributed by atoms with Gasteiger partial charge < -0.3 is 14.6 Å². The molecule has 0 spiro atoms. The lowest BCUT2D eigenvalue weighted by molar-refractivity contribution is -0.145. The number of halogens is 1. The van der Waals surface area contributed by atoms with Crippen molar-refractivity contribution >= 4 is 17.6 Å². The minimum absolute atomic E-state index is 0.151. The van der Waals surface area contributed by atoms with E-state index in [1.54, 1.807) is 0 Å². The van der Waals surface area contributed by atoms with E-state index in [0.717, 1.165) is 22.3 Å². The molecule has 1 aliphatic rings. The summed E-state index contributed by atoms with van der Waals surface area (Å²) in [6, 6.07) is 14.1. The van der Waals surface area contributed by atoms with Crippen LogP contribution < -0.4 is 0 Å². The van der Waals surface area contributed by atoms with E-state index in [0.29, 0.717) is 17.9 Å². The summed E-state index contributed by atoms with van der Waals surface area (Å²) in [5.74, 6) is -0.318. The van der Waals surface area contributed by atoms with Gasteiger partial charge in [0, 0.05) is 18.6 Å². The van der Waals surface area contributed by atoms with Crippen molar-refractivity contribution in [2.75, 3.05) is 13.2 Å². The second-order valence-electron chi connectivity index (χ2n) is 6.79. The third-order valence-electron chi connectivity index (χ3n) is 4.60. The Morgan fingerprint density at radius 1 is 1.14 bits per heavy atom. The Morgan fingerprint density at radius 2 is 1.89 bits per heavy atom. The highest BCUT2D eigenvalue weighted by atomic mass is 35.5. The topological polar surface area (TPSA) is 55.8 Å². The summed E-state index contributed by atoms with van der Waals surface area (Å²) in [6.07, 6.45) is 6.69. The fourth-order valence-electron chi connectivity index (χ4n) is 3.13. The Bertz CT molecular complexity index is 788. The number of rotatable bonds is 7. The van der Waals surface area contributed by atoms with Crippen LogP contribution in [0.3, 0.4) is 0 Å². The molecule has 2 aromatic carbocycles. The molecule has 0 bridgehead atoms. The highest BCUT2D eigenvalue weighted by Crippen LogP contribution is 2.32. The molecular weight excluding hydrogens is 376 g/mol. The largest absolute Gasteiger partial charge is 0.463 e. The fourth-order valence-corrected chi connectivity index (χ4v) is 3.32. The first-order valence-corrected chi connectivity index (χ1v) is 9.70. The van der Waals surface area contributed by atoms with Crippen LogP contribution in [0.15, 0.2) is 42.5 Å². The van der Waals surface area contributed by atoms with Crippen LogP contribution in [-0.4, -0.2) is 30.4 Å². The molecule has 3 rings (SSSR count). The van der Waals surface area contributed by atoms with Crippen molar-refractivity contribution in [2.45, 2.75) is 32.0 Å². The minimum atomic E-state index is -0.318. The van der Waals surface area contributed by atoms with Gasteiger partial charge >= 0.3 is 5.97 Å². The van der Waals surface area contributed by atoms with E-state index in [-0.39, 0.29) is 31.4 Å². The first kappa shape index (κ1) is 20.8. The molecule has 1 aliphatic heterocycles. The number of aliphatic hydroxyl groups excluding tert-OH is 1. The maximum absolute atomic E-state index is 11.0. The zero-order valence-corrected chi connectivity index (χ0v) is 16.6. The van der Waals surface area contributed by atoms with E-state index >= 15 is 0 Å². The van der Waals surface area contributed by atoms with Crippen LogP contribution >= 0.6 is 11.6 Å². The van der Waals surface area contributed by atoms with Crippen LogP contribution in [0.5, 0.6) is 0 Å². The molecule has 1 heterocycles. The normalized spacial score (nSPS) is 19.4. The van der Waals surface area contributed by atoms with E-state index in [2.05, 4.69) is 18.2 Å². The number of carbonyl (C=O) groups excluding carboxylic acids is 1. The summed E-state index contributed by atoms with van der Waals surface area (Å²) in [6.45, 7) is 1.74. The third kappa shape index (κ3) is 5.81. The number of esters is 1. The minimum Gasteiger partial charge on any atom is -0.463 e. The van der Waals surface area contributed by atoms with Gasteiger partial charge in [-0.3, -0.25) is 4.79 Å². The molecule has 3 radical (unpaired) electrons. The molecule has 0 saturated carbocycles. The highest BCUT2D eigenvalue weighted by Gasteiger charge is 2.25. The average molecular weight is 400 g/mol. The molecule has 0 amide bonds. The van der Waals surface area contributed by atoms with Gasteiger partial charge in [0.2, 0.25) is 0 Å². The van der Waals surface area contributed by atoms with E-state index < -0.39 is 0 Å². The van der Waals surface area contributed by atoms with Crippen LogP contribution in [0.1, 0.15) is 35.3 Å². The predicted octanol–water partition coefficient (Wildman–Crippen LogP) is 4.08. The Balaban J connectivity index is 1.69. The zero-order chi connectivity index (χ0) is 19.9. The highest BCUT2D eigenvalue weighted by molar-refractivity contribution is 6.31. The predicted molar refractivity (Wildman–Crippen MR) is 109 cm³/mol. The smallest absolute Gasteiger partial charge is 0.302 e. The van der Waals surface area contributed by atoms with Gasteiger partial charge in [-0.05, 0) is 60.4 Å². The summed E-state index contributed by atoms with van der Waals surface area (Å²) < 4.78 is 11.1. The first-order valence-electron chi connectivity index (χ1n) is 9.32. The molecule has 2 aromatic rings. The SMILES string of the molecule is CC(=O)OC[C@H]1[CH][CH][CH][C@@H](c2ccc(Cl)c(Cc3ccc(CCO)cc3)c2)O1. The van der Waals surface area contributed by atoms with Gasteiger partial charge in [-0.25, -0.2) is 0 Å². The van der Waals surface area contributed by atoms with Crippen molar-refractivity contribution in [1.82, 2.24) is 0 Å². The van der Waals surface area contributed by atoms with Crippen LogP contribution in [-0.2, 0) is 27.1 Å². The molecular formula is C23H24ClO4. The molecule has 28 heavy (non-hydrogen) atoms. The number of hydrogen-bond donors (Lipinski definition) is 1. The van der Waals surface area contributed by atoms with E-state index in [9.17, 15) is 4.79 Å². The average Bonchev–Trinajstić information content (AvgIpc) is 2.70. The van der Waals surface area contributed by atoms with Crippen molar-refractivity contribution in [3.63, 3.8) is 0 Å². The molecule has 0 aromatic heterocycles. The van der Waals surface area contributed by atoms with Gasteiger partial charge in [0.15, 0.2) is 0 Å². The molecule has 0 unspecified atom stereocenters. The lowest BCUT2D eigenvalue weighted by Crippen LogP contribution is -2.29. The summed E-state index contributed by atoms with van der Waals surface area (Å²) in [5.41, 5.74) is 4.30. The van der Waals surface area contributed by atoms with E-state index in [4.69, 9.17) is 26.2 Å². The van der Waals surface area contributed by atoms with E-state index in [1.165, 1.54) is 6.92 Å². The standard InChI is InChI=1S/C23H24ClO4/c1-16(26)27-15-21-3-2-4-23(28-21)19-9-10-22(24)20(14-19)13-18-7-5-17(6-8-18)11-12-25/h2-10,14,21,23,25H,11-13,15H2,1H3/t21-,23+/m1/s1. The first-order chi connectivity index (χ1) is 13.5. The summed E-state index contributed by atoms with van der Waals surface area (Å²) in [7, 11) is 0. The number of aliphatic hydroxyl groups is 1. The van der Waals surface area contributed by atoms with Crippen molar-refractivity contribution in [1.29, 1.82) is 0 Å². The molecule has 0 aliphatic carbocycles. The third-order valence-corrected chi connectivity index (χ3v) is 4.97. The summed E-state index contributed by atoms with van der Waals surface area (Å²) in [4.78, 5) is 11.0. The molecule has 147 valence electrons. The fraction of sp³-hybridized carbons (Fsp3) is 0.304. The molecule has 4 nitrogen and oxygen atoms in total. The Morgan fingerprint density at radius 3 is 2.61 bits per heavy atom. The quantitative estimate of drug-likeness (QED) is 0.713. The molecule has 2 atom stereocenters. The Labute approximate surface area is 171 Å². The Kier molecular flexibility index (Phi) is 7.49. The summed E-state index contributed by atoms with van der Waals surface area (Å²) in [5, 5.41) is 9.75. The molecule has 1 saturated heterocycles. The van der Waals surface area contributed by atoms with Crippen LogP contribution in [0.4, 0.5) is 0 Å². The van der Waals surface area contributed by atoms with Gasteiger partial charge in [-0.1, -0.05) is 48.0 Å². The number of carbonyl (C=O) groups is 1. The van der Waals surface area contributed by atoms with Gasteiger partial charge in [0.25, 0.3) is 0 Å². The summed E-state index contributed by atoms with van der Waals surface area (Å²) >= 11 is 6.42. The van der Waals surface area contributed by atoms with Gasteiger partial charge in [0.05, 0.1) is 12.2 Å². The van der Waals surface area contributed by atoms with Gasteiger partial charge in [-0.15, -0.1) is 0 Å². The second-order valence-corrected chi connectivity index (χ2v) is 7.20. The van der Waals surface area contributed by atoms with Crippen molar-refractivity contribution < 1.29 is 19.4 Å². The maximum atomic E-state index is 11.0. The Hall–Kier alpha value is -1.88.